The summed E-state index contributed by atoms with van der Waals surface area (Å²) in [5.41, 5.74) is 2.66. The van der Waals surface area contributed by atoms with Crippen LogP contribution in [-0.4, -0.2) is 12.9 Å². The fourth-order valence-electron chi connectivity index (χ4n) is 1.72. The van der Waals surface area contributed by atoms with Crippen molar-refractivity contribution in [1.29, 1.82) is 0 Å². The summed E-state index contributed by atoms with van der Waals surface area (Å²) in [7, 11) is 1.77. The van der Waals surface area contributed by atoms with Crippen LogP contribution in [0.3, 0.4) is 0 Å². The van der Waals surface area contributed by atoms with Crippen LogP contribution in [0.5, 0.6) is 0 Å². The maximum absolute atomic E-state index is 5.39. The molecule has 0 heterocycles. The summed E-state index contributed by atoms with van der Waals surface area (Å²) >= 11 is 4.21. The molecule has 84 valence electrons. The highest BCUT2D eigenvalue weighted by atomic mass is 32.1. The van der Waals surface area contributed by atoms with Crippen LogP contribution >= 0.6 is 12.6 Å². The van der Waals surface area contributed by atoms with Gasteiger partial charge in [-0.25, -0.2) is 0 Å². The number of thiol groups is 1. The molecule has 0 N–H and O–H groups in total. The third-order valence-corrected chi connectivity index (χ3v) is 2.95. The average molecular weight is 224 g/mol. The molecule has 2 heteroatoms. The monoisotopic (exact) mass is 224 g/mol. The van der Waals surface area contributed by atoms with E-state index in [0.717, 1.165) is 25.0 Å². The van der Waals surface area contributed by atoms with E-state index in [1.807, 2.05) is 0 Å². The minimum Gasteiger partial charge on any atom is -0.377 e. The van der Waals surface area contributed by atoms with Crippen LogP contribution in [0.1, 0.15) is 37.0 Å². The fourth-order valence-corrected chi connectivity index (χ4v) is 1.88. The molecule has 1 aromatic rings. The van der Waals surface area contributed by atoms with E-state index in [4.69, 9.17) is 4.74 Å². The van der Waals surface area contributed by atoms with E-state index < -0.39 is 0 Å². The SMILES string of the molecule is CCC(OC)c1ccc(CCCS)cc1. The van der Waals surface area contributed by atoms with Crippen LogP contribution in [0.15, 0.2) is 24.3 Å². The van der Waals surface area contributed by atoms with Gasteiger partial charge in [-0.1, -0.05) is 31.2 Å². The zero-order valence-electron chi connectivity index (χ0n) is 9.57. The lowest BCUT2D eigenvalue weighted by atomic mass is 10.0. The van der Waals surface area contributed by atoms with Crippen molar-refractivity contribution in [3.8, 4) is 0 Å². The second-order valence-electron chi connectivity index (χ2n) is 3.70. The molecule has 0 spiro atoms. The van der Waals surface area contributed by atoms with Crippen molar-refractivity contribution < 1.29 is 4.74 Å². The van der Waals surface area contributed by atoms with Crippen LogP contribution in [0.25, 0.3) is 0 Å². The summed E-state index contributed by atoms with van der Waals surface area (Å²) < 4.78 is 5.39. The van der Waals surface area contributed by atoms with Crippen molar-refractivity contribution in [2.75, 3.05) is 12.9 Å². The Kier molecular flexibility index (Phi) is 5.81. The van der Waals surface area contributed by atoms with Crippen molar-refractivity contribution in [3.63, 3.8) is 0 Å². The summed E-state index contributed by atoms with van der Waals surface area (Å²) in [6, 6.07) is 8.73. The molecule has 0 aliphatic carbocycles. The van der Waals surface area contributed by atoms with Gasteiger partial charge < -0.3 is 4.74 Å². The fraction of sp³-hybridized carbons (Fsp3) is 0.538. The van der Waals surface area contributed by atoms with Gasteiger partial charge in [0, 0.05) is 7.11 Å². The van der Waals surface area contributed by atoms with Gasteiger partial charge in [0.25, 0.3) is 0 Å². The van der Waals surface area contributed by atoms with E-state index in [9.17, 15) is 0 Å². The quantitative estimate of drug-likeness (QED) is 0.726. The lowest BCUT2D eigenvalue weighted by molar-refractivity contribution is 0.100. The van der Waals surface area contributed by atoms with Crippen LogP contribution in [0.4, 0.5) is 0 Å². The standard InChI is InChI=1S/C13H20OS/c1-3-13(14-2)12-8-6-11(7-9-12)5-4-10-15/h6-9,13,15H,3-5,10H2,1-2H3. The molecule has 1 aromatic carbocycles. The molecule has 1 atom stereocenters. The number of benzene rings is 1. The van der Waals surface area contributed by atoms with Gasteiger partial charge in [0.15, 0.2) is 0 Å². The molecule has 15 heavy (non-hydrogen) atoms. The van der Waals surface area contributed by atoms with Gasteiger partial charge in [-0.3, -0.25) is 0 Å². The Hall–Kier alpha value is -0.470. The molecule has 0 aliphatic heterocycles. The minimum atomic E-state index is 0.240. The summed E-state index contributed by atoms with van der Waals surface area (Å²) in [4.78, 5) is 0. The smallest absolute Gasteiger partial charge is 0.0818 e. The summed E-state index contributed by atoms with van der Waals surface area (Å²) in [5.74, 6) is 0.956. The summed E-state index contributed by atoms with van der Waals surface area (Å²) in [5, 5.41) is 0. The highest BCUT2D eigenvalue weighted by Gasteiger charge is 2.06. The van der Waals surface area contributed by atoms with Gasteiger partial charge in [0.2, 0.25) is 0 Å². The van der Waals surface area contributed by atoms with Gasteiger partial charge >= 0.3 is 0 Å². The Bertz CT molecular complexity index is 264. The van der Waals surface area contributed by atoms with Crippen molar-refractivity contribution >= 4 is 12.6 Å². The zero-order chi connectivity index (χ0) is 11.1. The largest absolute Gasteiger partial charge is 0.377 e. The highest BCUT2D eigenvalue weighted by molar-refractivity contribution is 7.80. The van der Waals surface area contributed by atoms with E-state index in [-0.39, 0.29) is 6.10 Å². The molecule has 1 nitrogen and oxygen atoms in total. The Balaban J connectivity index is 2.62. The van der Waals surface area contributed by atoms with Crippen LogP contribution in [0.2, 0.25) is 0 Å². The summed E-state index contributed by atoms with van der Waals surface area (Å²) in [6.45, 7) is 2.14. The van der Waals surface area contributed by atoms with Crippen molar-refractivity contribution in [1.82, 2.24) is 0 Å². The predicted octanol–water partition coefficient (Wildman–Crippen LogP) is 3.65. The Labute approximate surface area is 98.3 Å². The lowest BCUT2D eigenvalue weighted by Gasteiger charge is -2.13. The van der Waals surface area contributed by atoms with Crippen molar-refractivity contribution in [2.24, 2.45) is 0 Å². The third kappa shape index (κ3) is 3.88. The maximum Gasteiger partial charge on any atom is 0.0818 e. The van der Waals surface area contributed by atoms with E-state index in [1.54, 1.807) is 7.11 Å². The number of hydrogen-bond donors (Lipinski definition) is 1. The predicted molar refractivity (Wildman–Crippen MR) is 68.7 cm³/mol. The van der Waals surface area contributed by atoms with Crippen LogP contribution in [-0.2, 0) is 11.2 Å². The molecule has 0 fully saturated rings. The van der Waals surface area contributed by atoms with Crippen molar-refractivity contribution in [2.45, 2.75) is 32.3 Å². The molecule has 0 bridgehead atoms. The topological polar surface area (TPSA) is 9.23 Å². The third-order valence-electron chi connectivity index (χ3n) is 2.63. The molecule has 0 saturated heterocycles. The van der Waals surface area contributed by atoms with Crippen LogP contribution < -0.4 is 0 Å². The molecule has 1 unspecified atom stereocenters. The van der Waals surface area contributed by atoms with E-state index >= 15 is 0 Å². The molecule has 0 amide bonds. The number of ether oxygens (including phenoxy) is 1. The Morgan fingerprint density at radius 1 is 1.27 bits per heavy atom. The first-order valence-electron chi connectivity index (χ1n) is 5.54. The normalized spacial score (nSPS) is 12.7. The Morgan fingerprint density at radius 2 is 1.93 bits per heavy atom. The molecule has 0 aromatic heterocycles. The molecule has 0 radical (unpaired) electrons. The first-order valence-corrected chi connectivity index (χ1v) is 6.17. The first kappa shape index (κ1) is 12.6. The lowest BCUT2D eigenvalue weighted by Crippen LogP contribution is -1.99. The van der Waals surface area contributed by atoms with Gasteiger partial charge in [-0.05, 0) is 36.1 Å². The molecular weight excluding hydrogens is 204 g/mol. The van der Waals surface area contributed by atoms with Gasteiger partial charge in [-0.2, -0.15) is 12.6 Å². The minimum absolute atomic E-state index is 0.240. The van der Waals surface area contributed by atoms with Gasteiger partial charge in [0.05, 0.1) is 6.10 Å². The number of aryl methyl sites for hydroxylation is 1. The van der Waals surface area contributed by atoms with E-state index in [1.165, 1.54) is 11.1 Å². The summed E-state index contributed by atoms with van der Waals surface area (Å²) in [6.07, 6.45) is 3.52. The van der Waals surface area contributed by atoms with Gasteiger partial charge in [0.1, 0.15) is 0 Å². The number of hydrogen-bond acceptors (Lipinski definition) is 2. The second-order valence-corrected chi connectivity index (χ2v) is 4.15. The first-order chi connectivity index (χ1) is 7.31. The maximum atomic E-state index is 5.39. The number of rotatable bonds is 6. The average Bonchev–Trinajstić information content (AvgIpc) is 2.29. The number of methoxy groups -OCH3 is 1. The molecule has 1 rings (SSSR count). The highest BCUT2D eigenvalue weighted by Crippen LogP contribution is 2.20. The Morgan fingerprint density at radius 3 is 2.40 bits per heavy atom. The zero-order valence-corrected chi connectivity index (χ0v) is 10.5. The molecular formula is C13H20OS. The van der Waals surface area contributed by atoms with Crippen LogP contribution in [0, 0.1) is 0 Å². The van der Waals surface area contributed by atoms with E-state index in [0.29, 0.717) is 0 Å². The van der Waals surface area contributed by atoms with Gasteiger partial charge in [-0.15, -0.1) is 0 Å². The second kappa shape index (κ2) is 6.91. The molecule has 0 aliphatic rings. The van der Waals surface area contributed by atoms with Crippen molar-refractivity contribution in [3.05, 3.63) is 35.4 Å². The molecule has 0 saturated carbocycles. The van der Waals surface area contributed by atoms with E-state index in [2.05, 4.69) is 43.8 Å².